The Bertz CT molecular complexity index is 265. The molecule has 0 aliphatic rings. The zero-order chi connectivity index (χ0) is 9.14. The number of benzene rings is 1. The highest BCUT2D eigenvalue weighted by Crippen LogP contribution is 2.19. The van der Waals surface area contributed by atoms with Crippen LogP contribution in [-0.4, -0.2) is 6.43 Å². The van der Waals surface area contributed by atoms with Gasteiger partial charge in [0.1, 0.15) is 0 Å². The predicted molar refractivity (Wildman–Crippen MR) is 52.1 cm³/mol. The second-order valence-electron chi connectivity index (χ2n) is 2.42. The summed E-state index contributed by atoms with van der Waals surface area (Å²) in [6.07, 6.45) is -2.50. The van der Waals surface area contributed by atoms with Crippen LogP contribution in [-0.2, 0) is 0 Å². The van der Waals surface area contributed by atoms with Gasteiger partial charge in [-0.3, -0.25) is 0 Å². The second-order valence-corrected chi connectivity index (χ2v) is 3.66. The third-order valence-corrected chi connectivity index (χ3v) is 2.18. The number of halogens is 3. The third kappa shape index (κ3) is 2.38. The van der Waals surface area contributed by atoms with Gasteiger partial charge in [0, 0.05) is 3.57 Å². The lowest BCUT2D eigenvalue weighted by Crippen LogP contribution is -2.18. The van der Waals surface area contributed by atoms with Crippen molar-refractivity contribution in [2.75, 3.05) is 0 Å². The summed E-state index contributed by atoms with van der Waals surface area (Å²) in [7, 11) is 0. The Morgan fingerprint density at radius 3 is 2.50 bits per heavy atom. The van der Waals surface area contributed by atoms with E-state index in [2.05, 4.69) is 22.6 Å². The fourth-order valence-corrected chi connectivity index (χ4v) is 1.43. The second kappa shape index (κ2) is 4.13. The maximum atomic E-state index is 12.1. The van der Waals surface area contributed by atoms with Crippen LogP contribution in [0.4, 0.5) is 8.78 Å². The molecule has 2 N–H and O–H groups in total. The first-order chi connectivity index (χ1) is 5.61. The molecule has 12 heavy (non-hydrogen) atoms. The van der Waals surface area contributed by atoms with Gasteiger partial charge in [-0.15, -0.1) is 0 Å². The van der Waals surface area contributed by atoms with E-state index in [9.17, 15) is 8.78 Å². The van der Waals surface area contributed by atoms with E-state index >= 15 is 0 Å². The lowest BCUT2D eigenvalue weighted by Gasteiger charge is -2.10. The molecule has 1 unspecified atom stereocenters. The van der Waals surface area contributed by atoms with Gasteiger partial charge in [-0.05, 0) is 40.3 Å². The molecule has 0 heterocycles. The first kappa shape index (κ1) is 9.85. The SMILES string of the molecule is NC(c1cccc(I)c1)C(F)F. The Kier molecular flexibility index (Phi) is 3.39. The van der Waals surface area contributed by atoms with Gasteiger partial charge in [0.25, 0.3) is 6.43 Å². The third-order valence-electron chi connectivity index (χ3n) is 1.51. The van der Waals surface area contributed by atoms with E-state index in [1.165, 1.54) is 0 Å². The van der Waals surface area contributed by atoms with Crippen LogP contribution >= 0.6 is 22.6 Å². The summed E-state index contributed by atoms with van der Waals surface area (Å²) in [5.41, 5.74) is 5.74. The van der Waals surface area contributed by atoms with E-state index in [4.69, 9.17) is 5.73 Å². The first-order valence-corrected chi connectivity index (χ1v) is 4.48. The zero-order valence-corrected chi connectivity index (χ0v) is 8.33. The summed E-state index contributed by atoms with van der Waals surface area (Å²) in [6, 6.07) is 5.66. The highest BCUT2D eigenvalue weighted by Gasteiger charge is 2.16. The maximum Gasteiger partial charge on any atom is 0.257 e. The minimum absolute atomic E-state index is 0.483. The molecule has 1 aromatic carbocycles. The van der Waals surface area contributed by atoms with Crippen LogP contribution in [0.5, 0.6) is 0 Å². The van der Waals surface area contributed by atoms with Crippen LogP contribution in [0.15, 0.2) is 24.3 Å². The Morgan fingerprint density at radius 2 is 2.00 bits per heavy atom. The summed E-state index contributed by atoms with van der Waals surface area (Å²) >= 11 is 2.06. The summed E-state index contributed by atoms with van der Waals surface area (Å²) < 4.78 is 25.2. The zero-order valence-electron chi connectivity index (χ0n) is 6.18. The Morgan fingerprint density at radius 1 is 1.33 bits per heavy atom. The molecule has 0 aromatic heterocycles. The van der Waals surface area contributed by atoms with Gasteiger partial charge in [0.15, 0.2) is 0 Å². The Balaban J connectivity index is 2.88. The van der Waals surface area contributed by atoms with Crippen molar-refractivity contribution in [1.29, 1.82) is 0 Å². The normalized spacial score (nSPS) is 13.4. The van der Waals surface area contributed by atoms with Crippen LogP contribution < -0.4 is 5.73 Å². The van der Waals surface area contributed by atoms with E-state index in [0.29, 0.717) is 5.56 Å². The molecular weight excluding hydrogens is 275 g/mol. The molecule has 1 aromatic rings. The molecule has 0 amide bonds. The standard InChI is InChI=1S/C8H8F2IN/c9-8(10)7(12)5-2-1-3-6(11)4-5/h1-4,7-8H,12H2. The maximum absolute atomic E-state index is 12.1. The molecule has 0 spiro atoms. The van der Waals surface area contributed by atoms with E-state index in [1.54, 1.807) is 18.2 Å². The number of hydrogen-bond donors (Lipinski definition) is 1. The molecule has 0 saturated heterocycles. The summed E-state index contributed by atoms with van der Waals surface area (Å²) in [5, 5.41) is 0. The quantitative estimate of drug-likeness (QED) is 0.829. The number of alkyl halides is 2. The summed E-state index contributed by atoms with van der Waals surface area (Å²) in [6.45, 7) is 0. The Labute approximate surface area is 83.1 Å². The molecule has 0 bridgehead atoms. The van der Waals surface area contributed by atoms with Crippen molar-refractivity contribution in [3.05, 3.63) is 33.4 Å². The highest BCUT2D eigenvalue weighted by atomic mass is 127. The monoisotopic (exact) mass is 283 g/mol. The van der Waals surface area contributed by atoms with E-state index in [0.717, 1.165) is 3.57 Å². The van der Waals surface area contributed by atoms with Crippen molar-refractivity contribution >= 4 is 22.6 Å². The molecule has 0 aliphatic carbocycles. The van der Waals surface area contributed by atoms with Gasteiger partial charge >= 0.3 is 0 Å². The number of rotatable bonds is 2. The topological polar surface area (TPSA) is 26.0 Å². The van der Waals surface area contributed by atoms with Crippen molar-refractivity contribution in [1.82, 2.24) is 0 Å². The van der Waals surface area contributed by atoms with Crippen LogP contribution in [0, 0.1) is 3.57 Å². The molecule has 66 valence electrons. The van der Waals surface area contributed by atoms with Crippen molar-refractivity contribution < 1.29 is 8.78 Å². The van der Waals surface area contributed by atoms with Crippen LogP contribution in [0.25, 0.3) is 0 Å². The molecular formula is C8H8F2IN. The lowest BCUT2D eigenvalue weighted by atomic mass is 10.1. The fraction of sp³-hybridized carbons (Fsp3) is 0.250. The number of nitrogens with two attached hydrogens (primary N) is 1. The predicted octanol–water partition coefficient (Wildman–Crippen LogP) is 2.56. The van der Waals surface area contributed by atoms with Crippen molar-refractivity contribution in [3.63, 3.8) is 0 Å². The smallest absolute Gasteiger partial charge is 0.257 e. The van der Waals surface area contributed by atoms with Crippen LogP contribution in [0.1, 0.15) is 11.6 Å². The van der Waals surface area contributed by atoms with Gasteiger partial charge in [-0.1, -0.05) is 12.1 Å². The summed E-state index contributed by atoms with van der Waals surface area (Å²) in [4.78, 5) is 0. The minimum atomic E-state index is -2.50. The van der Waals surface area contributed by atoms with E-state index in [1.807, 2.05) is 6.07 Å². The molecule has 1 nitrogen and oxygen atoms in total. The van der Waals surface area contributed by atoms with Gasteiger partial charge in [0.2, 0.25) is 0 Å². The summed E-state index contributed by atoms with van der Waals surface area (Å²) in [5.74, 6) is 0. The lowest BCUT2D eigenvalue weighted by molar-refractivity contribution is 0.116. The van der Waals surface area contributed by atoms with Gasteiger partial charge in [-0.25, -0.2) is 8.78 Å². The van der Waals surface area contributed by atoms with Crippen molar-refractivity contribution in [2.45, 2.75) is 12.5 Å². The largest absolute Gasteiger partial charge is 0.319 e. The van der Waals surface area contributed by atoms with Gasteiger partial charge < -0.3 is 5.73 Å². The van der Waals surface area contributed by atoms with Crippen molar-refractivity contribution in [2.24, 2.45) is 5.73 Å². The molecule has 1 rings (SSSR count). The van der Waals surface area contributed by atoms with Gasteiger partial charge in [0.05, 0.1) is 6.04 Å². The Hall–Kier alpha value is -0.230. The van der Waals surface area contributed by atoms with Gasteiger partial charge in [-0.2, -0.15) is 0 Å². The van der Waals surface area contributed by atoms with Crippen LogP contribution in [0.3, 0.4) is 0 Å². The molecule has 0 saturated carbocycles. The molecule has 0 aliphatic heterocycles. The highest BCUT2D eigenvalue weighted by molar-refractivity contribution is 14.1. The first-order valence-electron chi connectivity index (χ1n) is 3.40. The van der Waals surface area contributed by atoms with Crippen molar-refractivity contribution in [3.8, 4) is 0 Å². The van der Waals surface area contributed by atoms with E-state index in [-0.39, 0.29) is 0 Å². The van der Waals surface area contributed by atoms with E-state index < -0.39 is 12.5 Å². The average molecular weight is 283 g/mol. The average Bonchev–Trinajstić information content (AvgIpc) is 2.03. The fourth-order valence-electron chi connectivity index (χ4n) is 0.859. The number of hydrogen-bond acceptors (Lipinski definition) is 1. The molecule has 4 heteroatoms. The molecule has 0 fully saturated rings. The molecule has 0 radical (unpaired) electrons. The minimum Gasteiger partial charge on any atom is -0.319 e. The molecule has 1 atom stereocenters. The van der Waals surface area contributed by atoms with Crippen LogP contribution in [0.2, 0.25) is 0 Å².